The summed E-state index contributed by atoms with van der Waals surface area (Å²) in [6.07, 6.45) is -3.52. The van der Waals surface area contributed by atoms with Crippen LogP contribution in [0, 0.1) is 0 Å². The molecule has 2 unspecified atom stereocenters. The van der Waals surface area contributed by atoms with Crippen LogP contribution in [0.1, 0.15) is 13.2 Å². The monoisotopic (exact) mass is 549 g/mol. The molecule has 0 spiro atoms. The van der Waals surface area contributed by atoms with Crippen LogP contribution in [-0.2, 0) is 36.3 Å². The minimum Gasteiger partial charge on any atom is -0.387 e. The molecular weight excluding hydrogens is 531 g/mol. The lowest BCUT2D eigenvalue weighted by molar-refractivity contribution is -0.215. The molecule has 2 fully saturated rings. The predicted octanol–water partition coefficient (Wildman–Crippen LogP) is -1.54. The molecule has 4 rings (SSSR count). The number of hydrogen-bond donors (Lipinski definition) is 7. The van der Waals surface area contributed by atoms with Crippen molar-refractivity contribution < 1.29 is 61.0 Å². The topological polar surface area (TPSA) is 288 Å². The quantitative estimate of drug-likeness (QED) is 0.184. The van der Waals surface area contributed by atoms with Crippen LogP contribution >= 0.6 is 23.5 Å². The fourth-order valence-corrected chi connectivity index (χ4v) is 6.75. The Bertz CT molecular complexity index is 1320. The van der Waals surface area contributed by atoms with E-state index in [1.54, 1.807) is 0 Å². The minimum atomic E-state index is -5.74. The molecule has 0 amide bonds. The van der Waals surface area contributed by atoms with Crippen LogP contribution in [-0.4, -0.2) is 74.7 Å². The minimum absolute atomic E-state index is 0.00899. The van der Waals surface area contributed by atoms with Gasteiger partial charge in [0.1, 0.15) is 17.8 Å². The van der Waals surface area contributed by atoms with Crippen LogP contribution in [0.5, 0.6) is 0 Å². The highest BCUT2D eigenvalue weighted by Crippen LogP contribution is 2.66. The molecule has 19 nitrogen and oxygen atoms in total. The zero-order valence-electron chi connectivity index (χ0n) is 16.8. The number of H-pyrrole nitrogens is 1. The highest BCUT2D eigenvalue weighted by Gasteiger charge is 2.66. The number of nitrogens with one attached hydrogen (secondary N) is 1. The van der Waals surface area contributed by atoms with Crippen molar-refractivity contribution in [2.24, 2.45) is 0 Å². The van der Waals surface area contributed by atoms with Crippen molar-refractivity contribution >= 4 is 40.6 Å². The van der Waals surface area contributed by atoms with Crippen molar-refractivity contribution in [2.45, 2.75) is 37.1 Å². The number of rotatable bonds is 8. The molecule has 8 N–H and O–H groups in total. The third-order valence-corrected chi connectivity index (χ3v) is 8.86. The van der Waals surface area contributed by atoms with Gasteiger partial charge in [-0.2, -0.15) is 13.6 Å². The van der Waals surface area contributed by atoms with Crippen LogP contribution in [0.3, 0.4) is 0 Å². The molecule has 2 aromatic heterocycles. The highest BCUT2D eigenvalue weighted by atomic mass is 31.3. The molecule has 190 valence electrons. The third-order valence-electron chi connectivity index (χ3n) is 5.08. The second-order valence-corrected chi connectivity index (χ2v) is 11.7. The Morgan fingerprint density at radius 3 is 2.56 bits per heavy atom. The second kappa shape index (κ2) is 8.25. The van der Waals surface area contributed by atoms with Gasteiger partial charge in [0, 0.05) is 0 Å². The Kier molecular flexibility index (Phi) is 6.19. The van der Waals surface area contributed by atoms with E-state index in [9.17, 15) is 33.4 Å². The van der Waals surface area contributed by atoms with Gasteiger partial charge in [0.05, 0.1) is 19.0 Å². The van der Waals surface area contributed by atoms with Crippen molar-refractivity contribution in [1.29, 1.82) is 0 Å². The largest absolute Gasteiger partial charge is 0.490 e. The van der Waals surface area contributed by atoms with Crippen LogP contribution < -0.4 is 11.3 Å². The van der Waals surface area contributed by atoms with E-state index in [4.69, 9.17) is 25.0 Å². The normalized spacial score (nSPS) is 32.6. The first-order valence-electron chi connectivity index (χ1n) is 9.06. The lowest BCUT2D eigenvalue weighted by Crippen LogP contribution is -2.49. The molecule has 2 aromatic rings. The highest BCUT2D eigenvalue weighted by molar-refractivity contribution is 7.66. The molecule has 7 atom stereocenters. The van der Waals surface area contributed by atoms with Gasteiger partial charge >= 0.3 is 23.5 Å². The Morgan fingerprint density at radius 2 is 1.91 bits per heavy atom. The molecular formula is C12H18N5O14P3. The number of ether oxygens (including phenoxy) is 2. The van der Waals surface area contributed by atoms with Crippen molar-refractivity contribution in [3.63, 3.8) is 0 Å². The van der Waals surface area contributed by atoms with Crippen LogP contribution in [0.15, 0.2) is 11.1 Å². The fourth-order valence-electron chi connectivity index (χ4n) is 3.69. The number of phosphoric ester groups is 1. The molecule has 4 heterocycles. The van der Waals surface area contributed by atoms with Gasteiger partial charge in [-0.25, -0.2) is 18.7 Å². The number of phosphoric acid groups is 3. The van der Waals surface area contributed by atoms with Gasteiger partial charge in [-0.3, -0.25) is 18.9 Å². The van der Waals surface area contributed by atoms with Gasteiger partial charge in [0.25, 0.3) is 5.56 Å². The zero-order valence-corrected chi connectivity index (χ0v) is 19.4. The number of aromatic nitrogens is 4. The molecule has 0 saturated carbocycles. The van der Waals surface area contributed by atoms with E-state index in [0.717, 1.165) is 0 Å². The first-order chi connectivity index (χ1) is 15.5. The summed E-state index contributed by atoms with van der Waals surface area (Å²) in [6, 6.07) is 0. The summed E-state index contributed by atoms with van der Waals surface area (Å²) in [5.41, 5.74) is 2.99. The standard InChI is InChI=1S/C12H18N5O14P3/c1-4-12(2-27-33(23,24)31-34(25,26)30-32(20,21)22)7(18)6(28-4)10(29-12)17-3-14-5-8(17)15-11(13)16-9(5)19/h3-4,6-7,10,18H,2H2,1H3,(H,23,24)(H,25,26)(H2,20,21,22)(H3,13,15,16,19)/t4-,6-,7+,10-,12+/m1/s1. The molecule has 0 aromatic carbocycles. The number of nitrogen functional groups attached to an aromatic ring is 1. The number of hydrogen-bond acceptors (Lipinski definition) is 13. The van der Waals surface area contributed by atoms with E-state index in [1.165, 1.54) is 17.8 Å². The fraction of sp³-hybridized carbons (Fsp3) is 0.583. The Balaban J connectivity index is 1.56. The molecule has 2 aliphatic rings. The SMILES string of the molecule is C[C@H]1O[C@H]2[C@H](n3cnc4c(=O)[nH]c(N)nc43)O[C@]1(COP(=O)(O)OP(=O)(O)OP(=O)(O)O)[C@H]2O. The number of imidazole rings is 1. The number of fused-ring (bicyclic) bond motifs is 3. The van der Waals surface area contributed by atoms with Crippen LogP contribution in [0.2, 0.25) is 0 Å². The van der Waals surface area contributed by atoms with E-state index in [1.807, 2.05) is 0 Å². The summed E-state index contributed by atoms with van der Waals surface area (Å²) in [5.74, 6) is -0.223. The van der Waals surface area contributed by atoms with Crippen LogP contribution in [0.4, 0.5) is 5.95 Å². The smallest absolute Gasteiger partial charge is 0.387 e. The van der Waals surface area contributed by atoms with Crippen molar-refractivity contribution in [1.82, 2.24) is 19.5 Å². The van der Waals surface area contributed by atoms with Gasteiger partial charge in [-0.15, -0.1) is 0 Å². The van der Waals surface area contributed by atoms with Gasteiger partial charge < -0.3 is 39.9 Å². The van der Waals surface area contributed by atoms with E-state index < -0.39 is 65.8 Å². The molecule has 0 aliphatic carbocycles. The van der Waals surface area contributed by atoms with Crippen molar-refractivity contribution in [3.05, 3.63) is 16.7 Å². The Hall–Kier alpha value is -1.56. The van der Waals surface area contributed by atoms with Gasteiger partial charge in [0.15, 0.2) is 17.4 Å². The maximum Gasteiger partial charge on any atom is 0.490 e. The molecule has 2 aliphatic heterocycles. The summed E-state index contributed by atoms with van der Waals surface area (Å²) in [6.45, 7) is 0.488. The second-order valence-electron chi connectivity index (χ2n) is 7.29. The van der Waals surface area contributed by atoms with E-state index in [2.05, 4.69) is 28.1 Å². The van der Waals surface area contributed by atoms with Gasteiger partial charge in [0.2, 0.25) is 5.95 Å². The molecule has 22 heteroatoms. The summed E-state index contributed by atoms with van der Waals surface area (Å²) >= 11 is 0. The number of nitrogens with two attached hydrogens (primary N) is 1. The molecule has 2 saturated heterocycles. The Morgan fingerprint density at radius 1 is 1.24 bits per heavy atom. The number of aromatic amines is 1. The van der Waals surface area contributed by atoms with Crippen molar-refractivity contribution in [3.8, 4) is 0 Å². The first kappa shape index (κ1) is 25.5. The van der Waals surface area contributed by atoms with Crippen molar-refractivity contribution in [2.75, 3.05) is 12.3 Å². The van der Waals surface area contributed by atoms with Gasteiger partial charge in [-0.1, -0.05) is 0 Å². The van der Waals surface area contributed by atoms with Crippen LogP contribution in [0.25, 0.3) is 11.2 Å². The average Bonchev–Trinajstić information content (AvgIpc) is 3.25. The average molecular weight is 549 g/mol. The lowest BCUT2D eigenvalue weighted by atomic mass is 9.94. The summed E-state index contributed by atoms with van der Waals surface area (Å²) < 4.78 is 59.1. The van der Waals surface area contributed by atoms with E-state index in [-0.39, 0.29) is 17.1 Å². The number of anilines is 1. The zero-order chi connectivity index (χ0) is 25.3. The number of aliphatic hydroxyl groups is 1. The summed E-state index contributed by atoms with van der Waals surface area (Å²) in [4.78, 5) is 58.4. The number of nitrogens with zero attached hydrogens (tertiary/aromatic N) is 3. The lowest BCUT2D eigenvalue weighted by Gasteiger charge is -2.35. The third kappa shape index (κ3) is 4.64. The number of aliphatic hydroxyl groups excluding tert-OH is 1. The summed E-state index contributed by atoms with van der Waals surface area (Å²) in [5, 5.41) is 10.8. The molecule has 34 heavy (non-hydrogen) atoms. The predicted molar refractivity (Wildman–Crippen MR) is 106 cm³/mol. The maximum absolute atomic E-state index is 12.1. The van der Waals surface area contributed by atoms with E-state index in [0.29, 0.717) is 0 Å². The molecule has 0 radical (unpaired) electrons. The Labute approximate surface area is 187 Å². The van der Waals surface area contributed by atoms with Gasteiger partial charge in [-0.05, 0) is 6.92 Å². The first-order valence-corrected chi connectivity index (χ1v) is 13.6. The summed E-state index contributed by atoms with van der Waals surface area (Å²) in [7, 11) is -16.8. The van der Waals surface area contributed by atoms with E-state index >= 15 is 0 Å². The molecule has 2 bridgehead atoms. The maximum atomic E-state index is 12.1.